The lowest BCUT2D eigenvalue weighted by Crippen LogP contribution is -2.05. The highest BCUT2D eigenvalue weighted by Gasteiger charge is 2.26. The molecule has 0 atom stereocenters. The van der Waals surface area contributed by atoms with Gasteiger partial charge in [-0.3, -0.25) is 10.1 Å². The van der Waals surface area contributed by atoms with E-state index in [9.17, 15) is 14.9 Å². The standard InChI is InChI=1S/C17H10Cl2N2O5/c1-25-15-5-2-9(7-14(15)21(23)24)6-13-17(22)26-16(20-13)11-4-3-10(18)8-12(11)19/h2-8H,1H3/b13-6-. The van der Waals surface area contributed by atoms with Crippen LogP contribution >= 0.6 is 23.2 Å². The van der Waals surface area contributed by atoms with Crippen molar-refractivity contribution in [3.05, 3.63) is 73.4 Å². The third-order valence-corrected chi connectivity index (χ3v) is 4.03. The molecule has 26 heavy (non-hydrogen) atoms. The number of nitrogens with zero attached hydrogens (tertiary/aromatic N) is 2. The van der Waals surface area contributed by atoms with Gasteiger partial charge in [0.1, 0.15) is 0 Å². The third kappa shape index (κ3) is 3.54. The van der Waals surface area contributed by atoms with E-state index in [4.69, 9.17) is 32.7 Å². The number of esters is 1. The van der Waals surface area contributed by atoms with Crippen molar-refractivity contribution < 1.29 is 19.2 Å². The monoisotopic (exact) mass is 392 g/mol. The second kappa shape index (κ2) is 7.15. The molecule has 0 aromatic heterocycles. The van der Waals surface area contributed by atoms with Gasteiger partial charge in [0.05, 0.1) is 22.6 Å². The number of ether oxygens (including phenoxy) is 2. The van der Waals surface area contributed by atoms with Crippen molar-refractivity contribution in [1.82, 2.24) is 0 Å². The van der Waals surface area contributed by atoms with Gasteiger partial charge in [-0.25, -0.2) is 9.79 Å². The highest BCUT2D eigenvalue weighted by Crippen LogP contribution is 2.30. The maximum absolute atomic E-state index is 12.0. The van der Waals surface area contributed by atoms with Crippen LogP contribution in [0.2, 0.25) is 10.0 Å². The Morgan fingerprint density at radius 3 is 2.65 bits per heavy atom. The van der Waals surface area contributed by atoms with Crippen LogP contribution in [0.15, 0.2) is 47.1 Å². The predicted octanol–water partition coefficient (Wildman–Crippen LogP) is 4.25. The Kier molecular flexibility index (Phi) is 4.92. The van der Waals surface area contributed by atoms with Crippen LogP contribution in [0.3, 0.4) is 0 Å². The lowest BCUT2D eigenvalue weighted by Gasteiger charge is -2.02. The number of carbonyl (C=O) groups is 1. The van der Waals surface area contributed by atoms with Gasteiger partial charge in [-0.1, -0.05) is 29.3 Å². The van der Waals surface area contributed by atoms with E-state index in [2.05, 4.69) is 4.99 Å². The fraction of sp³-hybridized carbons (Fsp3) is 0.0588. The van der Waals surface area contributed by atoms with Crippen LogP contribution < -0.4 is 4.74 Å². The van der Waals surface area contributed by atoms with E-state index in [0.717, 1.165) is 0 Å². The molecule has 2 aromatic rings. The number of carbonyl (C=O) groups excluding carboxylic acids is 1. The molecule has 0 amide bonds. The van der Waals surface area contributed by atoms with Crippen LogP contribution in [0.25, 0.3) is 6.08 Å². The minimum atomic E-state index is -0.690. The van der Waals surface area contributed by atoms with Gasteiger partial charge in [0, 0.05) is 11.1 Å². The molecule has 0 aliphatic carbocycles. The van der Waals surface area contributed by atoms with Gasteiger partial charge in [-0.2, -0.15) is 0 Å². The lowest BCUT2D eigenvalue weighted by molar-refractivity contribution is -0.385. The quantitative estimate of drug-likeness (QED) is 0.335. The number of nitro groups is 1. The van der Waals surface area contributed by atoms with Gasteiger partial charge in [0.25, 0.3) is 0 Å². The molecular weight excluding hydrogens is 383 g/mol. The van der Waals surface area contributed by atoms with Crippen molar-refractivity contribution in [3.8, 4) is 5.75 Å². The van der Waals surface area contributed by atoms with Crippen LogP contribution in [0.4, 0.5) is 5.69 Å². The van der Waals surface area contributed by atoms with Gasteiger partial charge in [0.15, 0.2) is 11.4 Å². The van der Waals surface area contributed by atoms with Crippen molar-refractivity contribution in [1.29, 1.82) is 0 Å². The lowest BCUT2D eigenvalue weighted by atomic mass is 10.1. The molecule has 1 aliphatic heterocycles. The first-order valence-electron chi connectivity index (χ1n) is 7.19. The van der Waals surface area contributed by atoms with E-state index < -0.39 is 10.9 Å². The molecule has 9 heteroatoms. The SMILES string of the molecule is COc1ccc(/C=C2\N=C(c3ccc(Cl)cc3Cl)OC2=O)cc1[N+](=O)[O-]. The summed E-state index contributed by atoms with van der Waals surface area (Å²) in [4.78, 5) is 26.7. The number of aliphatic imine (C=N–C) groups is 1. The predicted molar refractivity (Wildman–Crippen MR) is 96.7 cm³/mol. The molecule has 0 bridgehead atoms. The van der Waals surface area contributed by atoms with E-state index in [1.807, 2.05) is 0 Å². The smallest absolute Gasteiger partial charge is 0.363 e. The van der Waals surface area contributed by atoms with Crippen molar-refractivity contribution in [2.45, 2.75) is 0 Å². The zero-order valence-corrected chi connectivity index (χ0v) is 14.7. The molecule has 3 rings (SSSR count). The first kappa shape index (κ1) is 17.9. The minimum absolute atomic E-state index is 0.00881. The number of hydrogen-bond acceptors (Lipinski definition) is 6. The summed E-state index contributed by atoms with van der Waals surface area (Å²) in [5.41, 5.74) is 0.578. The first-order chi connectivity index (χ1) is 12.4. The second-order valence-electron chi connectivity index (χ2n) is 5.15. The summed E-state index contributed by atoms with van der Waals surface area (Å²) >= 11 is 11.9. The molecule has 132 valence electrons. The molecule has 0 spiro atoms. The van der Waals surface area contributed by atoms with Crippen molar-refractivity contribution in [2.24, 2.45) is 4.99 Å². The van der Waals surface area contributed by atoms with Crippen LogP contribution in [-0.4, -0.2) is 23.9 Å². The minimum Gasteiger partial charge on any atom is -0.490 e. The first-order valence-corrected chi connectivity index (χ1v) is 7.95. The van der Waals surface area contributed by atoms with Crippen molar-refractivity contribution in [3.63, 3.8) is 0 Å². The molecule has 0 radical (unpaired) electrons. The summed E-state index contributed by atoms with van der Waals surface area (Å²) < 4.78 is 10.1. The summed E-state index contributed by atoms with van der Waals surface area (Å²) in [5.74, 6) is -0.543. The van der Waals surface area contributed by atoms with Crippen LogP contribution in [-0.2, 0) is 9.53 Å². The number of halogens is 2. The maximum atomic E-state index is 12.0. The highest BCUT2D eigenvalue weighted by molar-refractivity contribution is 6.37. The molecular formula is C17H10Cl2N2O5. The molecule has 1 aliphatic rings. The Morgan fingerprint density at radius 2 is 2.00 bits per heavy atom. The van der Waals surface area contributed by atoms with E-state index in [1.165, 1.54) is 31.4 Å². The third-order valence-electron chi connectivity index (χ3n) is 3.49. The molecule has 0 N–H and O–H groups in total. The molecule has 1 heterocycles. The number of cyclic esters (lactones) is 1. The Hall–Kier alpha value is -2.90. The van der Waals surface area contributed by atoms with Gasteiger partial charge in [0.2, 0.25) is 5.90 Å². The number of nitro benzene ring substituents is 1. The van der Waals surface area contributed by atoms with E-state index in [-0.39, 0.29) is 28.1 Å². The molecule has 0 saturated carbocycles. The zero-order chi connectivity index (χ0) is 18.8. The maximum Gasteiger partial charge on any atom is 0.363 e. The highest BCUT2D eigenvalue weighted by atomic mass is 35.5. The van der Waals surface area contributed by atoms with Gasteiger partial charge in [-0.15, -0.1) is 0 Å². The Bertz CT molecular complexity index is 985. The van der Waals surface area contributed by atoms with Crippen LogP contribution in [0, 0.1) is 10.1 Å². The normalized spacial score (nSPS) is 15.0. The number of rotatable bonds is 4. The van der Waals surface area contributed by atoms with Gasteiger partial charge in [-0.05, 0) is 35.9 Å². The Balaban J connectivity index is 1.99. The Morgan fingerprint density at radius 1 is 1.23 bits per heavy atom. The molecule has 0 saturated heterocycles. The van der Waals surface area contributed by atoms with Gasteiger partial charge >= 0.3 is 11.7 Å². The summed E-state index contributed by atoms with van der Waals surface area (Å²) in [6.07, 6.45) is 1.38. The molecule has 7 nitrogen and oxygen atoms in total. The summed E-state index contributed by atoms with van der Waals surface area (Å²) in [6, 6.07) is 8.96. The fourth-order valence-electron chi connectivity index (χ4n) is 2.28. The Labute approximate surface area is 157 Å². The molecule has 0 fully saturated rings. The molecule has 0 unspecified atom stereocenters. The number of benzene rings is 2. The molecule has 2 aromatic carbocycles. The van der Waals surface area contributed by atoms with Gasteiger partial charge < -0.3 is 9.47 Å². The largest absolute Gasteiger partial charge is 0.490 e. The van der Waals surface area contributed by atoms with E-state index >= 15 is 0 Å². The van der Waals surface area contributed by atoms with Crippen molar-refractivity contribution >= 4 is 46.8 Å². The van der Waals surface area contributed by atoms with E-state index in [0.29, 0.717) is 16.1 Å². The average molecular weight is 393 g/mol. The van der Waals surface area contributed by atoms with Crippen molar-refractivity contribution in [2.75, 3.05) is 7.11 Å². The fourth-order valence-corrected chi connectivity index (χ4v) is 2.77. The number of hydrogen-bond donors (Lipinski definition) is 0. The summed E-state index contributed by atoms with van der Waals surface area (Å²) in [7, 11) is 1.33. The zero-order valence-electron chi connectivity index (χ0n) is 13.2. The van der Waals surface area contributed by atoms with Crippen LogP contribution in [0.5, 0.6) is 5.75 Å². The van der Waals surface area contributed by atoms with E-state index in [1.54, 1.807) is 18.2 Å². The number of methoxy groups -OCH3 is 1. The summed E-state index contributed by atoms with van der Waals surface area (Å²) in [5, 5.41) is 11.8. The second-order valence-corrected chi connectivity index (χ2v) is 5.99. The summed E-state index contributed by atoms with van der Waals surface area (Å²) in [6.45, 7) is 0. The van der Waals surface area contributed by atoms with Crippen LogP contribution in [0.1, 0.15) is 11.1 Å². The average Bonchev–Trinajstić information content (AvgIpc) is 2.95. The topological polar surface area (TPSA) is 91.0 Å².